The highest BCUT2D eigenvalue weighted by atomic mass is 32.2. The van der Waals surface area contributed by atoms with Crippen LogP contribution in [0.3, 0.4) is 0 Å². The third-order valence-corrected chi connectivity index (χ3v) is 8.02. The third-order valence-electron chi connectivity index (χ3n) is 5.85. The molecule has 3 unspecified atom stereocenters. The highest BCUT2D eigenvalue weighted by Crippen LogP contribution is 2.40. The zero-order valence-corrected chi connectivity index (χ0v) is 16.9. The van der Waals surface area contributed by atoms with Crippen molar-refractivity contribution in [2.75, 3.05) is 7.11 Å². The van der Waals surface area contributed by atoms with Gasteiger partial charge in [0.05, 0.1) is 17.3 Å². The Morgan fingerprint density at radius 2 is 1.74 bits per heavy atom. The molecule has 6 nitrogen and oxygen atoms in total. The smallest absolute Gasteiger partial charge is 0.328 e. The van der Waals surface area contributed by atoms with Gasteiger partial charge in [0.25, 0.3) is 5.91 Å². The van der Waals surface area contributed by atoms with Gasteiger partial charge < -0.3 is 9.64 Å². The lowest BCUT2D eigenvalue weighted by Crippen LogP contribution is -2.46. The van der Waals surface area contributed by atoms with Gasteiger partial charge in [0.2, 0.25) is 0 Å². The second kappa shape index (κ2) is 7.62. The minimum absolute atomic E-state index is 0.0504. The number of carbonyl (C=O) groups excluding carboxylic acids is 2. The number of hydrogen-bond acceptors (Lipinski definition) is 5. The van der Waals surface area contributed by atoms with Gasteiger partial charge in [-0.05, 0) is 63.3 Å². The van der Waals surface area contributed by atoms with E-state index >= 15 is 0 Å². The molecule has 0 bridgehead atoms. The molecule has 1 aromatic rings. The summed E-state index contributed by atoms with van der Waals surface area (Å²) in [6.07, 6.45) is 4.73. The predicted molar refractivity (Wildman–Crippen MR) is 101 cm³/mol. The van der Waals surface area contributed by atoms with Crippen molar-refractivity contribution < 1.29 is 22.7 Å². The summed E-state index contributed by atoms with van der Waals surface area (Å²) in [5.74, 6) is -0.280. The second-order valence-corrected chi connectivity index (χ2v) is 10.2. The summed E-state index contributed by atoms with van der Waals surface area (Å²) in [7, 11) is -2.04. The summed E-state index contributed by atoms with van der Waals surface area (Å²) in [4.78, 5) is 27.4. The maximum atomic E-state index is 13.2. The van der Waals surface area contributed by atoms with E-state index < -0.39 is 21.1 Å². The molecule has 1 aliphatic heterocycles. The molecule has 3 atom stereocenters. The van der Waals surface area contributed by atoms with Crippen molar-refractivity contribution in [2.24, 2.45) is 5.92 Å². The summed E-state index contributed by atoms with van der Waals surface area (Å²) in [5, 5.41) is -0.524. The van der Waals surface area contributed by atoms with E-state index in [9.17, 15) is 18.0 Å². The minimum Gasteiger partial charge on any atom is -0.467 e. The van der Waals surface area contributed by atoms with Crippen LogP contribution < -0.4 is 0 Å². The van der Waals surface area contributed by atoms with Crippen molar-refractivity contribution in [2.45, 2.75) is 68.2 Å². The molecule has 1 aromatic carbocycles. The van der Waals surface area contributed by atoms with Crippen LogP contribution in [-0.2, 0) is 19.4 Å². The summed E-state index contributed by atoms with van der Waals surface area (Å²) in [6.45, 7) is 3.26. The van der Waals surface area contributed by atoms with Crippen LogP contribution in [0.25, 0.3) is 0 Å². The van der Waals surface area contributed by atoms with Gasteiger partial charge in [0.15, 0.2) is 9.84 Å². The molecule has 0 N–H and O–H groups in total. The van der Waals surface area contributed by atoms with Crippen LogP contribution in [-0.4, -0.2) is 49.6 Å². The number of sulfone groups is 1. The number of benzene rings is 1. The molecule has 1 heterocycles. The molecule has 148 valence electrons. The monoisotopic (exact) mass is 393 g/mol. The van der Waals surface area contributed by atoms with Crippen LogP contribution in [0.15, 0.2) is 29.2 Å². The van der Waals surface area contributed by atoms with E-state index in [2.05, 4.69) is 0 Å². The molecule has 1 aliphatic carbocycles. The first-order valence-corrected chi connectivity index (χ1v) is 11.1. The maximum Gasteiger partial charge on any atom is 0.328 e. The average Bonchev–Trinajstić information content (AvgIpc) is 3.06. The van der Waals surface area contributed by atoms with Crippen molar-refractivity contribution in [3.8, 4) is 0 Å². The molecule has 0 aromatic heterocycles. The molecule has 0 spiro atoms. The number of ether oxygens (including phenoxy) is 1. The molecule has 3 rings (SSSR count). The predicted octanol–water partition coefficient (Wildman–Crippen LogP) is 2.82. The van der Waals surface area contributed by atoms with E-state index in [0.29, 0.717) is 17.9 Å². The van der Waals surface area contributed by atoms with E-state index in [1.807, 2.05) is 0 Å². The fraction of sp³-hybridized carbons (Fsp3) is 0.600. The van der Waals surface area contributed by atoms with Crippen LogP contribution >= 0.6 is 0 Å². The number of amides is 1. The van der Waals surface area contributed by atoms with E-state index in [0.717, 1.165) is 25.7 Å². The number of esters is 1. The quantitative estimate of drug-likeness (QED) is 0.735. The Morgan fingerprint density at radius 1 is 1.11 bits per heavy atom. The first-order valence-electron chi connectivity index (χ1n) is 9.51. The van der Waals surface area contributed by atoms with Gasteiger partial charge in [-0.15, -0.1) is 0 Å². The highest BCUT2D eigenvalue weighted by molar-refractivity contribution is 7.92. The average molecular weight is 394 g/mol. The topological polar surface area (TPSA) is 80.8 Å². The third kappa shape index (κ3) is 3.61. The molecular weight excluding hydrogens is 366 g/mol. The summed E-state index contributed by atoms with van der Waals surface area (Å²) in [6, 6.07) is 5.53. The Hall–Kier alpha value is -1.89. The molecule has 2 aliphatic rings. The lowest BCUT2D eigenvalue weighted by Gasteiger charge is -2.33. The lowest BCUT2D eigenvalue weighted by atomic mass is 9.84. The van der Waals surface area contributed by atoms with Crippen molar-refractivity contribution >= 4 is 21.7 Å². The number of hydrogen-bond donors (Lipinski definition) is 0. The molecule has 1 amide bonds. The van der Waals surface area contributed by atoms with Gasteiger partial charge in [0, 0.05) is 11.6 Å². The van der Waals surface area contributed by atoms with Gasteiger partial charge >= 0.3 is 5.97 Å². The van der Waals surface area contributed by atoms with Gasteiger partial charge in [-0.1, -0.05) is 12.8 Å². The van der Waals surface area contributed by atoms with Gasteiger partial charge in [-0.2, -0.15) is 0 Å². The SMILES string of the molecule is COC(=O)C1CC2CCCCC2N1C(=O)c1ccc(S(=O)(=O)C(C)C)cc1. The standard InChI is InChI=1S/C20H27NO5S/c1-13(2)27(24,25)16-10-8-14(9-11-16)19(22)21-17-7-5-4-6-15(17)12-18(21)20(23)26-3/h8-11,13,15,17-18H,4-7,12H2,1-3H3. The normalized spacial score (nSPS) is 25.3. The number of carbonyl (C=O) groups is 2. The Balaban J connectivity index is 1.89. The minimum atomic E-state index is -3.38. The van der Waals surface area contributed by atoms with E-state index in [1.54, 1.807) is 30.9 Å². The molecule has 0 radical (unpaired) electrons. The number of fused-ring (bicyclic) bond motifs is 1. The zero-order chi connectivity index (χ0) is 19.8. The first-order chi connectivity index (χ1) is 12.8. The van der Waals surface area contributed by atoms with Gasteiger partial charge in [-0.25, -0.2) is 13.2 Å². The summed E-state index contributed by atoms with van der Waals surface area (Å²) >= 11 is 0. The largest absolute Gasteiger partial charge is 0.467 e. The lowest BCUT2D eigenvalue weighted by molar-refractivity contribution is -0.145. The molecule has 7 heteroatoms. The van der Waals surface area contributed by atoms with Crippen molar-refractivity contribution in [1.29, 1.82) is 0 Å². The van der Waals surface area contributed by atoms with Crippen LogP contribution in [0.2, 0.25) is 0 Å². The Bertz CT molecular complexity index is 815. The van der Waals surface area contributed by atoms with Crippen molar-refractivity contribution in [3.05, 3.63) is 29.8 Å². The van der Waals surface area contributed by atoms with Crippen LogP contribution in [0.4, 0.5) is 0 Å². The summed E-state index contributed by atoms with van der Waals surface area (Å²) < 4.78 is 29.5. The van der Waals surface area contributed by atoms with E-state index in [-0.39, 0.29) is 22.8 Å². The Kier molecular flexibility index (Phi) is 5.60. The molecule has 1 saturated heterocycles. The Morgan fingerprint density at radius 3 is 2.33 bits per heavy atom. The summed E-state index contributed by atoms with van der Waals surface area (Å²) in [5.41, 5.74) is 0.401. The van der Waals surface area contributed by atoms with E-state index in [1.165, 1.54) is 19.2 Å². The number of rotatable bonds is 4. The molecular formula is C20H27NO5S. The zero-order valence-electron chi connectivity index (χ0n) is 16.1. The maximum absolute atomic E-state index is 13.2. The second-order valence-electron chi connectivity index (χ2n) is 7.72. The van der Waals surface area contributed by atoms with Crippen molar-refractivity contribution in [3.63, 3.8) is 0 Å². The van der Waals surface area contributed by atoms with Crippen LogP contribution in [0, 0.1) is 5.92 Å². The number of likely N-dealkylation sites (tertiary alicyclic amines) is 1. The Labute approximate surface area is 160 Å². The number of nitrogens with zero attached hydrogens (tertiary/aromatic N) is 1. The molecule has 2 fully saturated rings. The van der Waals surface area contributed by atoms with Crippen LogP contribution in [0.1, 0.15) is 56.3 Å². The fourth-order valence-electron chi connectivity index (χ4n) is 4.31. The fourth-order valence-corrected chi connectivity index (χ4v) is 5.37. The van der Waals surface area contributed by atoms with Crippen LogP contribution in [0.5, 0.6) is 0 Å². The first kappa shape index (κ1) is 19.9. The van der Waals surface area contributed by atoms with E-state index in [4.69, 9.17) is 4.74 Å². The highest BCUT2D eigenvalue weighted by Gasteiger charge is 2.48. The van der Waals surface area contributed by atoms with Crippen molar-refractivity contribution in [1.82, 2.24) is 4.90 Å². The van der Waals surface area contributed by atoms with Gasteiger partial charge in [0.1, 0.15) is 6.04 Å². The molecule has 27 heavy (non-hydrogen) atoms. The molecule has 1 saturated carbocycles. The van der Waals surface area contributed by atoms with Gasteiger partial charge in [-0.3, -0.25) is 4.79 Å². The number of methoxy groups -OCH3 is 1.